The van der Waals surface area contributed by atoms with Crippen molar-refractivity contribution in [2.45, 2.75) is 52.6 Å². The molecule has 1 aliphatic rings. The molecule has 2 aromatic heterocycles. The van der Waals surface area contributed by atoms with Gasteiger partial charge in [-0.05, 0) is 47.1 Å². The number of aromatic nitrogens is 4. The molecule has 1 N–H and O–H groups in total. The molecular formula is C15H22N6S. The van der Waals surface area contributed by atoms with E-state index in [0.29, 0.717) is 12.1 Å². The van der Waals surface area contributed by atoms with E-state index in [2.05, 4.69) is 50.3 Å². The molecule has 3 heterocycles. The van der Waals surface area contributed by atoms with Crippen LogP contribution in [0.4, 0.5) is 10.9 Å². The lowest BCUT2D eigenvalue weighted by Gasteiger charge is -2.28. The third-order valence-electron chi connectivity index (χ3n) is 3.92. The van der Waals surface area contributed by atoms with Crippen LogP contribution in [0.3, 0.4) is 0 Å². The quantitative estimate of drug-likeness (QED) is 0.933. The Kier molecular flexibility index (Phi) is 4.35. The van der Waals surface area contributed by atoms with Crippen molar-refractivity contribution < 1.29 is 0 Å². The van der Waals surface area contributed by atoms with Crippen LogP contribution in [-0.4, -0.2) is 37.7 Å². The molecule has 0 amide bonds. The third kappa shape index (κ3) is 3.25. The zero-order valence-electron chi connectivity index (χ0n) is 13.5. The number of anilines is 2. The van der Waals surface area contributed by atoms with E-state index in [0.717, 1.165) is 40.4 Å². The molecule has 22 heavy (non-hydrogen) atoms. The number of rotatable bonds is 4. The lowest BCUT2D eigenvalue weighted by molar-refractivity contribution is 0.202. The number of aryl methyl sites for hydroxylation is 2. The van der Waals surface area contributed by atoms with E-state index in [1.54, 1.807) is 0 Å². The number of likely N-dealkylation sites (tertiary alicyclic amines) is 1. The molecule has 0 unspecified atom stereocenters. The topological polar surface area (TPSA) is 66.8 Å². The molecule has 2 aromatic rings. The first-order valence-corrected chi connectivity index (χ1v) is 8.53. The first kappa shape index (κ1) is 15.3. The molecule has 0 aliphatic carbocycles. The fourth-order valence-electron chi connectivity index (χ4n) is 3.01. The molecule has 1 aliphatic heterocycles. The SMILES string of the molecule is Cc1nc(Nc2nnc(C)s2)cc([C@H]2CCCN2C(C)C)n1. The largest absolute Gasteiger partial charge is 0.315 e. The minimum absolute atomic E-state index is 0.387. The Morgan fingerprint density at radius 2 is 2.09 bits per heavy atom. The van der Waals surface area contributed by atoms with E-state index in [4.69, 9.17) is 0 Å². The third-order valence-corrected chi connectivity index (χ3v) is 4.67. The molecule has 0 spiro atoms. The zero-order valence-corrected chi connectivity index (χ0v) is 14.3. The van der Waals surface area contributed by atoms with Crippen molar-refractivity contribution in [1.82, 2.24) is 25.1 Å². The van der Waals surface area contributed by atoms with Gasteiger partial charge in [0.05, 0.1) is 11.7 Å². The first-order valence-electron chi connectivity index (χ1n) is 7.71. The predicted molar refractivity (Wildman–Crippen MR) is 88.5 cm³/mol. The van der Waals surface area contributed by atoms with Gasteiger partial charge in [0, 0.05) is 12.1 Å². The number of nitrogens with zero attached hydrogens (tertiary/aromatic N) is 5. The van der Waals surface area contributed by atoms with Gasteiger partial charge in [-0.3, -0.25) is 4.90 Å². The van der Waals surface area contributed by atoms with Crippen LogP contribution >= 0.6 is 11.3 Å². The van der Waals surface area contributed by atoms with Crippen molar-refractivity contribution in [3.63, 3.8) is 0 Å². The van der Waals surface area contributed by atoms with Crippen LogP contribution < -0.4 is 5.32 Å². The van der Waals surface area contributed by atoms with Crippen LogP contribution in [0.15, 0.2) is 6.07 Å². The molecule has 6 nitrogen and oxygen atoms in total. The van der Waals surface area contributed by atoms with Gasteiger partial charge in [-0.2, -0.15) is 0 Å². The molecule has 0 radical (unpaired) electrons. The summed E-state index contributed by atoms with van der Waals surface area (Å²) in [5, 5.41) is 13.1. The fourth-order valence-corrected chi connectivity index (χ4v) is 3.61. The average molecular weight is 318 g/mol. The molecule has 3 rings (SSSR count). The van der Waals surface area contributed by atoms with Crippen molar-refractivity contribution in [2.24, 2.45) is 0 Å². The van der Waals surface area contributed by atoms with Crippen LogP contribution in [0.1, 0.15) is 49.3 Å². The van der Waals surface area contributed by atoms with Crippen molar-refractivity contribution in [2.75, 3.05) is 11.9 Å². The standard InChI is InChI=1S/C15H22N6S/c1-9(2)21-7-5-6-13(21)12-8-14(17-10(3)16-12)18-15-20-19-11(4)22-15/h8-9,13H,5-7H2,1-4H3,(H,16,17,18,20)/t13-/m1/s1. The van der Waals surface area contributed by atoms with Crippen molar-refractivity contribution in [1.29, 1.82) is 0 Å². The van der Waals surface area contributed by atoms with E-state index in [1.165, 1.54) is 17.8 Å². The average Bonchev–Trinajstić information content (AvgIpc) is 3.07. The maximum atomic E-state index is 4.67. The van der Waals surface area contributed by atoms with E-state index in [1.807, 2.05) is 13.8 Å². The summed E-state index contributed by atoms with van der Waals surface area (Å²) in [6.45, 7) is 9.52. The Hall–Kier alpha value is -1.60. The van der Waals surface area contributed by atoms with Gasteiger partial charge in [0.1, 0.15) is 16.6 Å². The summed E-state index contributed by atoms with van der Waals surface area (Å²) in [5.41, 5.74) is 1.10. The highest BCUT2D eigenvalue weighted by molar-refractivity contribution is 7.15. The minimum atomic E-state index is 0.387. The highest BCUT2D eigenvalue weighted by Gasteiger charge is 2.29. The summed E-state index contributed by atoms with van der Waals surface area (Å²) >= 11 is 1.53. The van der Waals surface area contributed by atoms with Crippen LogP contribution in [0.25, 0.3) is 0 Å². The molecule has 0 bridgehead atoms. The van der Waals surface area contributed by atoms with Gasteiger partial charge in [0.15, 0.2) is 0 Å². The van der Waals surface area contributed by atoms with E-state index >= 15 is 0 Å². The number of hydrogen-bond acceptors (Lipinski definition) is 7. The van der Waals surface area contributed by atoms with Crippen LogP contribution in [0.5, 0.6) is 0 Å². The Balaban J connectivity index is 1.86. The monoisotopic (exact) mass is 318 g/mol. The maximum absolute atomic E-state index is 4.67. The van der Waals surface area contributed by atoms with Gasteiger partial charge in [0.2, 0.25) is 5.13 Å². The van der Waals surface area contributed by atoms with Crippen LogP contribution in [-0.2, 0) is 0 Å². The van der Waals surface area contributed by atoms with Gasteiger partial charge in [-0.15, -0.1) is 10.2 Å². The molecule has 1 atom stereocenters. The molecule has 1 fully saturated rings. The van der Waals surface area contributed by atoms with E-state index < -0.39 is 0 Å². The van der Waals surface area contributed by atoms with Gasteiger partial charge in [-0.1, -0.05) is 11.3 Å². The Bertz CT molecular complexity index is 653. The summed E-state index contributed by atoms with van der Waals surface area (Å²) in [6.07, 6.45) is 2.39. The van der Waals surface area contributed by atoms with Crippen LogP contribution in [0, 0.1) is 13.8 Å². The highest BCUT2D eigenvalue weighted by atomic mass is 32.1. The van der Waals surface area contributed by atoms with Crippen molar-refractivity contribution in [3.05, 3.63) is 22.6 Å². The van der Waals surface area contributed by atoms with E-state index in [-0.39, 0.29) is 0 Å². The second-order valence-corrected chi connectivity index (χ2v) is 7.15. The Morgan fingerprint density at radius 1 is 1.27 bits per heavy atom. The maximum Gasteiger partial charge on any atom is 0.211 e. The lowest BCUT2D eigenvalue weighted by atomic mass is 10.1. The van der Waals surface area contributed by atoms with Gasteiger partial charge < -0.3 is 5.32 Å². The Labute approximate surface area is 135 Å². The highest BCUT2D eigenvalue weighted by Crippen LogP contribution is 2.33. The van der Waals surface area contributed by atoms with Gasteiger partial charge in [0.25, 0.3) is 0 Å². The second kappa shape index (κ2) is 6.26. The lowest BCUT2D eigenvalue weighted by Crippen LogP contribution is -2.30. The summed E-state index contributed by atoms with van der Waals surface area (Å²) in [6, 6.07) is 2.97. The normalized spacial score (nSPS) is 19.0. The predicted octanol–water partition coefficient (Wildman–Crippen LogP) is 3.23. The van der Waals surface area contributed by atoms with Crippen LogP contribution in [0.2, 0.25) is 0 Å². The minimum Gasteiger partial charge on any atom is -0.315 e. The molecule has 118 valence electrons. The summed E-state index contributed by atoms with van der Waals surface area (Å²) < 4.78 is 0. The first-order chi connectivity index (χ1) is 10.5. The van der Waals surface area contributed by atoms with Gasteiger partial charge >= 0.3 is 0 Å². The molecule has 1 saturated heterocycles. The summed E-state index contributed by atoms with van der Waals surface area (Å²) in [7, 11) is 0. The summed E-state index contributed by atoms with van der Waals surface area (Å²) in [4.78, 5) is 11.7. The molecule has 7 heteroatoms. The number of hydrogen-bond donors (Lipinski definition) is 1. The summed E-state index contributed by atoms with van der Waals surface area (Å²) in [5.74, 6) is 1.59. The molecule has 0 saturated carbocycles. The van der Waals surface area contributed by atoms with Crippen molar-refractivity contribution >= 4 is 22.3 Å². The second-order valence-electron chi connectivity index (χ2n) is 5.97. The molecular weight excluding hydrogens is 296 g/mol. The smallest absolute Gasteiger partial charge is 0.211 e. The van der Waals surface area contributed by atoms with E-state index in [9.17, 15) is 0 Å². The zero-order chi connectivity index (χ0) is 15.7. The van der Waals surface area contributed by atoms with Gasteiger partial charge in [-0.25, -0.2) is 9.97 Å². The Morgan fingerprint density at radius 3 is 2.77 bits per heavy atom. The van der Waals surface area contributed by atoms with Crippen molar-refractivity contribution in [3.8, 4) is 0 Å². The fraction of sp³-hybridized carbons (Fsp3) is 0.600. The molecule has 0 aromatic carbocycles. The number of nitrogens with one attached hydrogen (secondary N) is 1.